The summed E-state index contributed by atoms with van der Waals surface area (Å²) < 4.78 is 5.72. The van der Waals surface area contributed by atoms with Gasteiger partial charge in [0.2, 0.25) is 5.91 Å². The Morgan fingerprint density at radius 3 is 2.65 bits per heavy atom. The third kappa shape index (κ3) is 4.55. The molecule has 1 aliphatic heterocycles. The van der Waals surface area contributed by atoms with Gasteiger partial charge in [-0.15, -0.1) is 0 Å². The van der Waals surface area contributed by atoms with E-state index in [2.05, 4.69) is 12.1 Å². The van der Waals surface area contributed by atoms with Crippen LogP contribution in [0.15, 0.2) is 24.3 Å². The van der Waals surface area contributed by atoms with E-state index in [0.717, 1.165) is 12.0 Å². The lowest BCUT2D eigenvalue weighted by atomic mass is 9.97. The zero-order chi connectivity index (χ0) is 16.9. The van der Waals surface area contributed by atoms with E-state index in [-0.39, 0.29) is 11.5 Å². The molecule has 2 rings (SSSR count). The second-order valence-electron chi connectivity index (χ2n) is 6.42. The van der Waals surface area contributed by atoms with Crippen molar-refractivity contribution in [1.29, 1.82) is 10.5 Å². The number of carbonyl (C=O) groups excluding carboxylic acids is 1. The Morgan fingerprint density at radius 2 is 2.04 bits per heavy atom. The lowest BCUT2D eigenvalue weighted by Gasteiger charge is -2.30. The summed E-state index contributed by atoms with van der Waals surface area (Å²) in [6, 6.07) is 11.2. The van der Waals surface area contributed by atoms with Crippen molar-refractivity contribution in [1.82, 2.24) is 4.90 Å². The lowest BCUT2D eigenvalue weighted by molar-refractivity contribution is -0.136. The predicted octanol–water partition coefficient (Wildman–Crippen LogP) is 2.27. The van der Waals surface area contributed by atoms with Crippen LogP contribution in [0.4, 0.5) is 0 Å². The first-order chi connectivity index (χ1) is 10.9. The van der Waals surface area contributed by atoms with Gasteiger partial charge in [-0.2, -0.15) is 10.5 Å². The fourth-order valence-electron chi connectivity index (χ4n) is 2.74. The molecule has 0 aromatic heterocycles. The summed E-state index contributed by atoms with van der Waals surface area (Å²) in [7, 11) is 0. The maximum atomic E-state index is 12.7. The van der Waals surface area contributed by atoms with Gasteiger partial charge in [0.25, 0.3) is 0 Å². The largest absolute Gasteiger partial charge is 0.374 e. The number of rotatable bonds is 3. The SMILES string of the molecule is CC1(C)CN(C(=O)C(C#N)Cc2ccc(C#N)cc2)CCCO1. The molecule has 1 fully saturated rings. The van der Waals surface area contributed by atoms with Crippen LogP contribution in [0.5, 0.6) is 0 Å². The minimum Gasteiger partial charge on any atom is -0.374 e. The molecule has 1 unspecified atom stereocenters. The highest BCUT2D eigenvalue weighted by Gasteiger charge is 2.31. The highest BCUT2D eigenvalue weighted by Crippen LogP contribution is 2.20. The van der Waals surface area contributed by atoms with E-state index in [1.165, 1.54) is 0 Å². The first-order valence-electron chi connectivity index (χ1n) is 7.76. The fraction of sp³-hybridized carbons (Fsp3) is 0.500. The van der Waals surface area contributed by atoms with Crippen LogP contribution in [0, 0.1) is 28.6 Å². The zero-order valence-electron chi connectivity index (χ0n) is 13.6. The van der Waals surface area contributed by atoms with E-state index < -0.39 is 5.92 Å². The minimum absolute atomic E-state index is 0.143. The number of hydrogen-bond donors (Lipinski definition) is 0. The van der Waals surface area contributed by atoms with Gasteiger partial charge < -0.3 is 9.64 Å². The van der Waals surface area contributed by atoms with Crippen LogP contribution < -0.4 is 0 Å². The summed E-state index contributed by atoms with van der Waals surface area (Å²) >= 11 is 0. The van der Waals surface area contributed by atoms with Crippen LogP contribution >= 0.6 is 0 Å². The van der Waals surface area contributed by atoms with Crippen molar-refractivity contribution in [3.8, 4) is 12.1 Å². The Kier molecular flexibility index (Phi) is 5.36. The van der Waals surface area contributed by atoms with Crippen molar-refractivity contribution in [2.75, 3.05) is 19.7 Å². The van der Waals surface area contributed by atoms with Crippen molar-refractivity contribution < 1.29 is 9.53 Å². The van der Waals surface area contributed by atoms with Gasteiger partial charge >= 0.3 is 0 Å². The van der Waals surface area contributed by atoms with E-state index >= 15 is 0 Å². The van der Waals surface area contributed by atoms with Gasteiger partial charge in [0, 0.05) is 19.7 Å². The molecule has 1 aliphatic rings. The molecule has 1 atom stereocenters. The van der Waals surface area contributed by atoms with Gasteiger partial charge in [-0.1, -0.05) is 12.1 Å². The second kappa shape index (κ2) is 7.26. The molecule has 0 spiro atoms. The molecule has 0 bridgehead atoms. The summed E-state index contributed by atoms with van der Waals surface area (Å²) in [4.78, 5) is 14.4. The van der Waals surface area contributed by atoms with Gasteiger partial charge in [0.1, 0.15) is 5.92 Å². The van der Waals surface area contributed by atoms with Crippen LogP contribution in [0.3, 0.4) is 0 Å². The molecule has 0 saturated carbocycles. The number of nitrogens with zero attached hydrogens (tertiary/aromatic N) is 3. The smallest absolute Gasteiger partial charge is 0.240 e. The molecule has 1 amide bonds. The van der Waals surface area contributed by atoms with Crippen LogP contribution in [-0.2, 0) is 16.0 Å². The number of benzene rings is 1. The topological polar surface area (TPSA) is 77.1 Å². The Bertz CT molecular complexity index is 638. The highest BCUT2D eigenvalue weighted by atomic mass is 16.5. The molecule has 23 heavy (non-hydrogen) atoms. The Balaban J connectivity index is 2.08. The summed E-state index contributed by atoms with van der Waals surface area (Å²) in [6.45, 7) is 5.66. The van der Waals surface area contributed by atoms with Crippen molar-refractivity contribution in [3.05, 3.63) is 35.4 Å². The third-order valence-corrected chi connectivity index (χ3v) is 3.93. The molecular weight excluding hydrogens is 290 g/mol. The number of amides is 1. The molecular formula is C18H21N3O2. The van der Waals surface area contributed by atoms with Crippen molar-refractivity contribution in [2.45, 2.75) is 32.3 Å². The van der Waals surface area contributed by atoms with Gasteiger partial charge in [0.05, 0.1) is 23.3 Å². The summed E-state index contributed by atoms with van der Waals surface area (Å²) in [5.41, 5.74) is 1.06. The number of hydrogen-bond acceptors (Lipinski definition) is 4. The van der Waals surface area contributed by atoms with E-state index in [4.69, 9.17) is 10.00 Å². The Hall–Kier alpha value is -2.37. The quantitative estimate of drug-likeness (QED) is 0.858. The van der Waals surface area contributed by atoms with Crippen LogP contribution in [-0.4, -0.2) is 36.1 Å². The monoisotopic (exact) mass is 311 g/mol. The third-order valence-electron chi connectivity index (χ3n) is 3.93. The lowest BCUT2D eigenvalue weighted by Crippen LogP contribution is -2.44. The van der Waals surface area contributed by atoms with E-state index in [9.17, 15) is 10.1 Å². The maximum absolute atomic E-state index is 12.7. The molecule has 1 aromatic carbocycles. The van der Waals surface area contributed by atoms with Crippen LogP contribution in [0.2, 0.25) is 0 Å². The highest BCUT2D eigenvalue weighted by molar-refractivity contribution is 5.81. The zero-order valence-corrected chi connectivity index (χ0v) is 13.6. The van der Waals surface area contributed by atoms with Crippen molar-refractivity contribution >= 4 is 5.91 Å². The number of ether oxygens (including phenoxy) is 1. The van der Waals surface area contributed by atoms with Gasteiger partial charge in [-0.05, 0) is 44.4 Å². The number of carbonyl (C=O) groups is 1. The molecule has 120 valence electrons. The number of nitriles is 2. The average molecular weight is 311 g/mol. The Labute approximate surface area is 137 Å². The van der Waals surface area contributed by atoms with Crippen LogP contribution in [0.1, 0.15) is 31.4 Å². The molecule has 0 aliphatic carbocycles. The molecule has 5 nitrogen and oxygen atoms in total. The maximum Gasteiger partial charge on any atom is 0.240 e. The molecule has 1 aromatic rings. The summed E-state index contributed by atoms with van der Waals surface area (Å²) in [6.07, 6.45) is 1.14. The fourth-order valence-corrected chi connectivity index (χ4v) is 2.74. The van der Waals surface area contributed by atoms with Gasteiger partial charge in [-0.25, -0.2) is 0 Å². The normalized spacial score (nSPS) is 18.3. The van der Waals surface area contributed by atoms with E-state index in [1.807, 2.05) is 13.8 Å². The standard InChI is InChI=1S/C18H21N3O2/c1-18(2)13-21(8-3-9-23-18)17(22)16(12-20)10-14-4-6-15(11-19)7-5-14/h4-7,16H,3,8-10,13H2,1-2H3. The van der Waals surface area contributed by atoms with Crippen molar-refractivity contribution in [2.24, 2.45) is 5.92 Å². The van der Waals surface area contributed by atoms with Gasteiger partial charge in [-0.3, -0.25) is 4.79 Å². The predicted molar refractivity (Wildman–Crippen MR) is 85.2 cm³/mol. The Morgan fingerprint density at radius 1 is 1.35 bits per heavy atom. The summed E-state index contributed by atoms with van der Waals surface area (Å²) in [5, 5.41) is 18.2. The van der Waals surface area contributed by atoms with Crippen molar-refractivity contribution in [3.63, 3.8) is 0 Å². The van der Waals surface area contributed by atoms with E-state index in [1.54, 1.807) is 29.2 Å². The van der Waals surface area contributed by atoms with E-state index in [0.29, 0.717) is 31.7 Å². The first-order valence-corrected chi connectivity index (χ1v) is 7.76. The van der Waals surface area contributed by atoms with Crippen LogP contribution in [0.25, 0.3) is 0 Å². The molecule has 0 N–H and O–H groups in total. The molecule has 1 saturated heterocycles. The molecule has 5 heteroatoms. The molecule has 1 heterocycles. The summed E-state index contributed by atoms with van der Waals surface area (Å²) in [5.74, 6) is -0.854. The molecule has 0 radical (unpaired) electrons. The average Bonchev–Trinajstić information content (AvgIpc) is 2.73. The second-order valence-corrected chi connectivity index (χ2v) is 6.42. The first kappa shape index (κ1) is 17.0. The minimum atomic E-state index is -0.711. The van der Waals surface area contributed by atoms with Gasteiger partial charge in [0.15, 0.2) is 0 Å².